The lowest BCUT2D eigenvalue weighted by Crippen LogP contribution is -2.30. The lowest BCUT2D eigenvalue weighted by Gasteiger charge is -2.19. The van der Waals surface area contributed by atoms with Crippen LogP contribution in [0.1, 0.15) is 19.4 Å². The number of rotatable bonds is 4. The minimum atomic E-state index is -0.924. The van der Waals surface area contributed by atoms with Gasteiger partial charge in [-0.3, -0.25) is 4.79 Å². The second-order valence-corrected chi connectivity index (χ2v) is 5.16. The van der Waals surface area contributed by atoms with E-state index >= 15 is 0 Å². The van der Waals surface area contributed by atoms with Gasteiger partial charge in [-0.15, -0.1) is 5.10 Å². The fourth-order valence-electron chi connectivity index (χ4n) is 1.77. The number of hydrogen-bond acceptors (Lipinski definition) is 4. The molecule has 0 aliphatic heterocycles. The maximum absolute atomic E-state index is 11.2. The highest BCUT2D eigenvalue weighted by Crippen LogP contribution is 2.24. The van der Waals surface area contributed by atoms with E-state index in [2.05, 4.69) is 15.5 Å². The molecule has 0 spiro atoms. The zero-order valence-corrected chi connectivity index (χ0v) is 11.2. The highest BCUT2D eigenvalue weighted by atomic mass is 16.4. The first-order chi connectivity index (χ1) is 8.92. The van der Waals surface area contributed by atoms with Gasteiger partial charge in [0, 0.05) is 5.56 Å². The van der Waals surface area contributed by atoms with Gasteiger partial charge in [0.15, 0.2) is 5.82 Å². The number of aliphatic carboxylic acids is 1. The Morgan fingerprint density at radius 3 is 2.68 bits per heavy atom. The summed E-state index contributed by atoms with van der Waals surface area (Å²) in [6.07, 6.45) is 0. The Kier molecular flexibility index (Phi) is 3.33. The van der Waals surface area contributed by atoms with Crippen LogP contribution in [-0.4, -0.2) is 31.3 Å². The molecular formula is C13H16N4O2. The van der Waals surface area contributed by atoms with Gasteiger partial charge in [0.1, 0.15) is 0 Å². The number of hydrogen-bond donors (Lipinski definition) is 1. The summed E-state index contributed by atoms with van der Waals surface area (Å²) in [5.74, 6) is -0.286. The Bertz CT molecular complexity index is 604. The van der Waals surface area contributed by atoms with Crippen molar-refractivity contribution in [3.63, 3.8) is 0 Å². The smallest absolute Gasteiger partial charge is 0.310 e. The summed E-state index contributed by atoms with van der Waals surface area (Å²) in [7, 11) is 0. The van der Waals surface area contributed by atoms with E-state index in [1.165, 1.54) is 4.68 Å². The van der Waals surface area contributed by atoms with Crippen molar-refractivity contribution in [1.82, 2.24) is 20.2 Å². The SMILES string of the molecule is Cc1ccccc1-c1nnnn1CC(C)(C)C(=O)O. The quantitative estimate of drug-likeness (QED) is 0.905. The van der Waals surface area contributed by atoms with Crippen LogP contribution in [0.5, 0.6) is 0 Å². The van der Waals surface area contributed by atoms with Crippen LogP contribution in [0.25, 0.3) is 11.4 Å². The number of aromatic nitrogens is 4. The summed E-state index contributed by atoms with van der Waals surface area (Å²) in [4.78, 5) is 11.2. The summed E-state index contributed by atoms with van der Waals surface area (Å²) >= 11 is 0. The lowest BCUT2D eigenvalue weighted by molar-refractivity contribution is -0.147. The summed E-state index contributed by atoms with van der Waals surface area (Å²) < 4.78 is 1.54. The van der Waals surface area contributed by atoms with Crippen LogP contribution >= 0.6 is 0 Å². The van der Waals surface area contributed by atoms with Gasteiger partial charge in [-0.1, -0.05) is 24.3 Å². The van der Waals surface area contributed by atoms with Gasteiger partial charge in [-0.25, -0.2) is 4.68 Å². The molecule has 0 atom stereocenters. The number of benzene rings is 1. The number of nitrogens with zero attached hydrogens (tertiary/aromatic N) is 4. The van der Waals surface area contributed by atoms with Crippen LogP contribution < -0.4 is 0 Å². The highest BCUT2D eigenvalue weighted by molar-refractivity contribution is 5.73. The molecule has 2 aromatic rings. The van der Waals surface area contributed by atoms with Crippen LogP contribution in [0, 0.1) is 12.3 Å². The standard InChI is InChI=1S/C13H16N4O2/c1-9-6-4-5-7-10(9)11-14-15-16-17(11)8-13(2,3)12(18)19/h4-7H,8H2,1-3H3,(H,18,19). The average molecular weight is 260 g/mol. The molecule has 1 heterocycles. The molecule has 0 saturated carbocycles. The van der Waals surface area contributed by atoms with E-state index in [9.17, 15) is 9.90 Å². The van der Waals surface area contributed by atoms with Gasteiger partial charge in [-0.2, -0.15) is 0 Å². The molecule has 0 fully saturated rings. The number of carboxylic acids is 1. The van der Waals surface area contributed by atoms with E-state index in [-0.39, 0.29) is 6.54 Å². The topological polar surface area (TPSA) is 80.9 Å². The molecule has 2 rings (SSSR count). The molecule has 1 aromatic carbocycles. The second kappa shape index (κ2) is 4.79. The van der Waals surface area contributed by atoms with E-state index in [1.807, 2.05) is 31.2 Å². The molecule has 0 saturated heterocycles. The molecule has 0 aliphatic rings. The summed E-state index contributed by atoms with van der Waals surface area (Å²) in [5, 5.41) is 20.7. The van der Waals surface area contributed by atoms with Crippen LogP contribution in [0.4, 0.5) is 0 Å². The molecule has 0 radical (unpaired) electrons. The van der Waals surface area contributed by atoms with Crippen LogP contribution in [0.15, 0.2) is 24.3 Å². The number of carbonyl (C=O) groups is 1. The predicted octanol–water partition coefficient (Wildman–Crippen LogP) is 1.76. The maximum Gasteiger partial charge on any atom is 0.310 e. The first kappa shape index (κ1) is 13.2. The van der Waals surface area contributed by atoms with Crippen molar-refractivity contribution in [2.75, 3.05) is 0 Å². The summed E-state index contributed by atoms with van der Waals surface area (Å²) in [6.45, 7) is 5.49. The lowest BCUT2D eigenvalue weighted by atomic mass is 9.94. The minimum absolute atomic E-state index is 0.221. The third kappa shape index (κ3) is 2.62. The van der Waals surface area contributed by atoms with Gasteiger partial charge in [0.25, 0.3) is 0 Å². The van der Waals surface area contributed by atoms with Crippen molar-refractivity contribution >= 4 is 5.97 Å². The Morgan fingerprint density at radius 2 is 2.05 bits per heavy atom. The van der Waals surface area contributed by atoms with Gasteiger partial charge in [-0.05, 0) is 36.8 Å². The van der Waals surface area contributed by atoms with Gasteiger partial charge < -0.3 is 5.11 Å². The largest absolute Gasteiger partial charge is 0.481 e. The Hall–Kier alpha value is -2.24. The highest BCUT2D eigenvalue weighted by Gasteiger charge is 2.29. The Balaban J connectivity index is 2.39. The van der Waals surface area contributed by atoms with Crippen molar-refractivity contribution in [3.05, 3.63) is 29.8 Å². The minimum Gasteiger partial charge on any atom is -0.481 e. The normalized spacial score (nSPS) is 11.5. The third-order valence-corrected chi connectivity index (χ3v) is 3.04. The molecule has 1 aromatic heterocycles. The van der Waals surface area contributed by atoms with Crippen LogP contribution in [0.3, 0.4) is 0 Å². The van der Waals surface area contributed by atoms with Crippen LogP contribution in [-0.2, 0) is 11.3 Å². The van der Waals surface area contributed by atoms with Crippen molar-refractivity contribution < 1.29 is 9.90 Å². The number of carboxylic acid groups (broad SMARTS) is 1. The monoisotopic (exact) mass is 260 g/mol. The Labute approximate surface area is 111 Å². The van der Waals surface area contributed by atoms with Crippen LogP contribution in [0.2, 0.25) is 0 Å². The summed E-state index contributed by atoms with van der Waals surface area (Å²) in [6, 6.07) is 7.74. The molecule has 1 N–H and O–H groups in total. The molecule has 100 valence electrons. The molecule has 19 heavy (non-hydrogen) atoms. The molecule has 0 aliphatic carbocycles. The molecule has 0 bridgehead atoms. The van der Waals surface area contributed by atoms with E-state index < -0.39 is 11.4 Å². The molecule has 6 nitrogen and oxygen atoms in total. The second-order valence-electron chi connectivity index (χ2n) is 5.16. The first-order valence-electron chi connectivity index (χ1n) is 5.97. The first-order valence-corrected chi connectivity index (χ1v) is 5.97. The predicted molar refractivity (Wildman–Crippen MR) is 69.4 cm³/mol. The average Bonchev–Trinajstić information content (AvgIpc) is 2.77. The van der Waals surface area contributed by atoms with Gasteiger partial charge in [0.05, 0.1) is 12.0 Å². The number of tetrazole rings is 1. The fraction of sp³-hybridized carbons (Fsp3) is 0.385. The van der Waals surface area contributed by atoms with Gasteiger partial charge >= 0.3 is 5.97 Å². The van der Waals surface area contributed by atoms with Crippen molar-refractivity contribution in [3.8, 4) is 11.4 Å². The molecule has 0 amide bonds. The van der Waals surface area contributed by atoms with Crippen molar-refractivity contribution in [2.24, 2.45) is 5.41 Å². The Morgan fingerprint density at radius 1 is 1.37 bits per heavy atom. The van der Waals surface area contributed by atoms with Gasteiger partial charge in [0.2, 0.25) is 0 Å². The van der Waals surface area contributed by atoms with E-state index in [0.29, 0.717) is 5.82 Å². The molecular weight excluding hydrogens is 244 g/mol. The summed E-state index contributed by atoms with van der Waals surface area (Å²) in [5.41, 5.74) is 1.03. The van der Waals surface area contributed by atoms with Crippen molar-refractivity contribution in [1.29, 1.82) is 0 Å². The van der Waals surface area contributed by atoms with E-state index in [4.69, 9.17) is 0 Å². The number of aryl methyl sites for hydroxylation is 1. The maximum atomic E-state index is 11.2. The van der Waals surface area contributed by atoms with Crippen molar-refractivity contribution in [2.45, 2.75) is 27.3 Å². The van der Waals surface area contributed by atoms with E-state index in [0.717, 1.165) is 11.1 Å². The zero-order valence-electron chi connectivity index (χ0n) is 11.2. The fourth-order valence-corrected chi connectivity index (χ4v) is 1.77. The zero-order chi connectivity index (χ0) is 14.0. The third-order valence-electron chi connectivity index (χ3n) is 3.04. The molecule has 6 heteroatoms. The van der Waals surface area contributed by atoms with E-state index in [1.54, 1.807) is 13.8 Å². The molecule has 0 unspecified atom stereocenters.